The number of carbonyl (C=O) groups excluding carboxylic acids is 2. The highest BCUT2D eigenvalue weighted by Crippen LogP contribution is 2.42. The van der Waals surface area contributed by atoms with Crippen LogP contribution in [-0.2, 0) is 25.2 Å². The molecule has 1 aromatic carbocycles. The van der Waals surface area contributed by atoms with Gasteiger partial charge in [-0.2, -0.15) is 18.4 Å². The van der Waals surface area contributed by atoms with Crippen LogP contribution in [0.15, 0.2) is 46.8 Å². The number of nitriles is 1. The molecule has 0 bridgehead atoms. The number of methoxy groups -OCH3 is 2. The highest BCUT2D eigenvalue weighted by molar-refractivity contribution is 6.00. The number of halogens is 3. The molecule has 1 heterocycles. The number of ether oxygens (including phenoxy) is 2. The van der Waals surface area contributed by atoms with Gasteiger partial charge in [0.1, 0.15) is 11.8 Å². The molecule has 0 radical (unpaired) electrons. The van der Waals surface area contributed by atoms with Gasteiger partial charge in [0.15, 0.2) is 0 Å². The Morgan fingerprint density at radius 2 is 1.57 bits per heavy atom. The summed E-state index contributed by atoms with van der Waals surface area (Å²) in [6.07, 6.45) is -4.54. The van der Waals surface area contributed by atoms with Crippen molar-refractivity contribution in [1.82, 2.24) is 4.90 Å². The molecule has 9 heteroatoms. The average Bonchev–Trinajstić information content (AvgIpc) is 2.67. The van der Waals surface area contributed by atoms with Gasteiger partial charge in [0.05, 0.1) is 36.8 Å². The molecule has 0 saturated heterocycles. The fourth-order valence-electron chi connectivity index (χ4n) is 3.05. The lowest BCUT2D eigenvalue weighted by molar-refractivity contribution is -0.138. The lowest BCUT2D eigenvalue weighted by atomic mass is 9.79. The zero-order valence-electron chi connectivity index (χ0n) is 15.5. The van der Waals surface area contributed by atoms with Crippen LogP contribution in [0.25, 0.3) is 0 Å². The SMILES string of the molecule is COC(=O)C1=C(C)N(C)C(C#N)=C(C(=O)OC)C1c1ccc(C(F)(F)F)cc1. The Morgan fingerprint density at radius 1 is 1.07 bits per heavy atom. The molecule has 0 saturated carbocycles. The predicted octanol–water partition coefficient (Wildman–Crippen LogP) is 3.13. The van der Waals surface area contributed by atoms with Crippen LogP contribution in [0, 0.1) is 11.3 Å². The van der Waals surface area contributed by atoms with Crippen molar-refractivity contribution in [3.05, 3.63) is 57.9 Å². The highest BCUT2D eigenvalue weighted by atomic mass is 19.4. The van der Waals surface area contributed by atoms with Crippen molar-refractivity contribution >= 4 is 11.9 Å². The second-order valence-corrected chi connectivity index (χ2v) is 5.97. The van der Waals surface area contributed by atoms with Gasteiger partial charge >= 0.3 is 18.1 Å². The van der Waals surface area contributed by atoms with Crippen molar-refractivity contribution < 1.29 is 32.2 Å². The molecule has 0 fully saturated rings. The molecule has 28 heavy (non-hydrogen) atoms. The minimum absolute atomic E-state index is 0.0316. The van der Waals surface area contributed by atoms with Gasteiger partial charge < -0.3 is 14.4 Å². The number of hydrogen-bond acceptors (Lipinski definition) is 6. The second kappa shape index (κ2) is 7.76. The Bertz CT molecular complexity index is 909. The number of benzene rings is 1. The van der Waals surface area contributed by atoms with Gasteiger partial charge in [0.2, 0.25) is 0 Å². The highest BCUT2D eigenvalue weighted by Gasteiger charge is 2.41. The van der Waals surface area contributed by atoms with E-state index < -0.39 is 29.6 Å². The van der Waals surface area contributed by atoms with Crippen LogP contribution in [0.5, 0.6) is 0 Å². The number of rotatable bonds is 3. The number of allylic oxidation sites excluding steroid dienone is 2. The van der Waals surface area contributed by atoms with E-state index in [0.717, 1.165) is 38.5 Å². The molecule has 0 spiro atoms. The molecule has 1 aromatic rings. The Hall–Kier alpha value is -3.28. The monoisotopic (exact) mass is 394 g/mol. The number of alkyl halides is 3. The summed E-state index contributed by atoms with van der Waals surface area (Å²) in [4.78, 5) is 26.2. The van der Waals surface area contributed by atoms with Gasteiger partial charge in [-0.05, 0) is 24.6 Å². The summed E-state index contributed by atoms with van der Waals surface area (Å²) < 4.78 is 48.3. The quantitative estimate of drug-likeness (QED) is 0.733. The minimum Gasteiger partial charge on any atom is -0.466 e. The van der Waals surface area contributed by atoms with Crippen LogP contribution in [0.3, 0.4) is 0 Å². The van der Waals surface area contributed by atoms with Gasteiger partial charge in [0.25, 0.3) is 0 Å². The fraction of sp³-hybridized carbons (Fsp3) is 0.316. The molecular weight excluding hydrogens is 377 g/mol. The maximum atomic E-state index is 12.9. The summed E-state index contributed by atoms with van der Waals surface area (Å²) in [5.74, 6) is -2.76. The van der Waals surface area contributed by atoms with E-state index in [-0.39, 0.29) is 22.4 Å². The van der Waals surface area contributed by atoms with Crippen LogP contribution < -0.4 is 0 Å². The first-order valence-corrected chi connectivity index (χ1v) is 8.01. The first-order chi connectivity index (χ1) is 13.1. The number of esters is 2. The molecule has 0 aliphatic carbocycles. The third-order valence-corrected chi connectivity index (χ3v) is 4.55. The van der Waals surface area contributed by atoms with Crippen molar-refractivity contribution in [2.24, 2.45) is 0 Å². The minimum atomic E-state index is -4.54. The third kappa shape index (κ3) is 3.58. The Morgan fingerprint density at radius 3 is 2.00 bits per heavy atom. The van der Waals surface area contributed by atoms with E-state index in [1.807, 2.05) is 6.07 Å². The fourth-order valence-corrected chi connectivity index (χ4v) is 3.05. The van der Waals surface area contributed by atoms with Gasteiger partial charge in [-0.25, -0.2) is 9.59 Å². The predicted molar refractivity (Wildman–Crippen MR) is 91.3 cm³/mol. The Labute approximate surface area is 159 Å². The lowest BCUT2D eigenvalue weighted by Gasteiger charge is -2.34. The van der Waals surface area contributed by atoms with E-state index in [1.165, 1.54) is 11.9 Å². The average molecular weight is 394 g/mol. The van der Waals surface area contributed by atoms with E-state index in [9.17, 15) is 28.0 Å². The largest absolute Gasteiger partial charge is 0.466 e. The van der Waals surface area contributed by atoms with Crippen LogP contribution in [0.4, 0.5) is 13.2 Å². The topological polar surface area (TPSA) is 79.6 Å². The summed E-state index contributed by atoms with van der Waals surface area (Å²) in [5.41, 5.74) is -0.520. The van der Waals surface area contributed by atoms with Crippen molar-refractivity contribution in [3.63, 3.8) is 0 Å². The van der Waals surface area contributed by atoms with Crippen molar-refractivity contribution in [3.8, 4) is 6.07 Å². The number of hydrogen-bond donors (Lipinski definition) is 0. The van der Waals surface area contributed by atoms with Gasteiger partial charge in [-0.1, -0.05) is 12.1 Å². The number of nitrogens with zero attached hydrogens (tertiary/aromatic N) is 2. The zero-order chi connectivity index (χ0) is 21.2. The van der Waals surface area contributed by atoms with Crippen LogP contribution >= 0.6 is 0 Å². The Balaban J connectivity index is 2.78. The zero-order valence-corrected chi connectivity index (χ0v) is 15.5. The maximum absolute atomic E-state index is 12.9. The molecule has 6 nitrogen and oxygen atoms in total. The van der Waals surface area contributed by atoms with Crippen molar-refractivity contribution in [2.45, 2.75) is 19.0 Å². The summed E-state index contributed by atoms with van der Waals surface area (Å²) in [6.45, 7) is 1.55. The lowest BCUT2D eigenvalue weighted by Crippen LogP contribution is -2.33. The molecule has 0 aromatic heterocycles. The Kier molecular flexibility index (Phi) is 5.83. The summed E-state index contributed by atoms with van der Waals surface area (Å²) >= 11 is 0. The molecule has 2 rings (SSSR count). The standard InChI is InChI=1S/C19H17F3N2O4/c1-10-14(17(25)27-3)15(11-5-7-12(8-6-11)19(20,21)22)16(18(26)28-4)13(9-23)24(10)2/h5-8,15H,1-4H3. The maximum Gasteiger partial charge on any atom is 0.416 e. The molecule has 148 valence electrons. The van der Waals surface area contributed by atoms with Crippen molar-refractivity contribution in [2.75, 3.05) is 21.3 Å². The molecule has 0 amide bonds. The van der Waals surface area contributed by atoms with Crippen LogP contribution in [0.2, 0.25) is 0 Å². The van der Waals surface area contributed by atoms with Gasteiger partial charge in [-0.15, -0.1) is 0 Å². The molecule has 1 unspecified atom stereocenters. The molecule has 1 aliphatic rings. The van der Waals surface area contributed by atoms with E-state index in [1.54, 1.807) is 6.92 Å². The first kappa shape index (κ1) is 21.0. The smallest absolute Gasteiger partial charge is 0.416 e. The van der Waals surface area contributed by atoms with E-state index in [0.29, 0.717) is 5.70 Å². The summed E-state index contributed by atoms with van der Waals surface area (Å²) in [6, 6.07) is 5.91. The summed E-state index contributed by atoms with van der Waals surface area (Å²) in [5, 5.41) is 9.55. The normalized spacial score (nSPS) is 17.4. The van der Waals surface area contributed by atoms with E-state index >= 15 is 0 Å². The van der Waals surface area contributed by atoms with Gasteiger partial charge in [-0.3, -0.25) is 0 Å². The van der Waals surface area contributed by atoms with Gasteiger partial charge in [0, 0.05) is 12.7 Å². The number of carbonyl (C=O) groups is 2. The van der Waals surface area contributed by atoms with E-state index in [4.69, 9.17) is 9.47 Å². The first-order valence-electron chi connectivity index (χ1n) is 8.01. The molecule has 0 N–H and O–H groups in total. The molecule has 1 atom stereocenters. The second-order valence-electron chi connectivity index (χ2n) is 5.97. The molecule has 1 aliphatic heterocycles. The third-order valence-electron chi connectivity index (χ3n) is 4.55. The van der Waals surface area contributed by atoms with Crippen LogP contribution in [-0.4, -0.2) is 38.1 Å². The van der Waals surface area contributed by atoms with E-state index in [2.05, 4.69) is 0 Å². The summed E-state index contributed by atoms with van der Waals surface area (Å²) in [7, 11) is 3.74. The van der Waals surface area contributed by atoms with Crippen LogP contribution in [0.1, 0.15) is 24.0 Å². The molecular formula is C19H17F3N2O4. The van der Waals surface area contributed by atoms with Crippen molar-refractivity contribution in [1.29, 1.82) is 5.26 Å².